The van der Waals surface area contributed by atoms with Crippen molar-refractivity contribution in [3.8, 4) is 6.07 Å². The molecule has 198 valence electrons. The van der Waals surface area contributed by atoms with Crippen molar-refractivity contribution in [3.05, 3.63) is 34.8 Å². The first-order valence-electron chi connectivity index (χ1n) is 12.6. The normalized spacial score (nSPS) is 28.2. The molecular formula is C25H30ClF2N7O2. The minimum Gasteiger partial charge on any atom is -0.360 e. The Labute approximate surface area is 219 Å². The molecular weight excluding hydrogens is 504 g/mol. The second kappa shape index (κ2) is 10.5. The predicted molar refractivity (Wildman–Crippen MR) is 134 cm³/mol. The van der Waals surface area contributed by atoms with E-state index in [-0.39, 0.29) is 11.8 Å². The first kappa shape index (κ1) is 25.8. The number of carbonyl (C=O) groups is 1. The van der Waals surface area contributed by atoms with Crippen LogP contribution in [0.5, 0.6) is 0 Å². The molecule has 3 saturated heterocycles. The van der Waals surface area contributed by atoms with Crippen LogP contribution in [0, 0.1) is 23.2 Å². The van der Waals surface area contributed by atoms with Crippen LogP contribution in [0.2, 0.25) is 5.02 Å². The van der Waals surface area contributed by atoms with Gasteiger partial charge in [0.15, 0.2) is 11.9 Å². The van der Waals surface area contributed by atoms with Crippen molar-refractivity contribution >= 4 is 29.3 Å². The van der Waals surface area contributed by atoms with E-state index in [4.69, 9.17) is 21.6 Å². The van der Waals surface area contributed by atoms with E-state index < -0.39 is 31.2 Å². The fraction of sp³-hybridized carbons (Fsp3) is 0.600. The number of fused-ring (bicyclic) bond motifs is 3. The largest absolute Gasteiger partial charge is 0.360 e. The Hall–Kier alpha value is -2.81. The number of likely N-dealkylation sites (N-methyl/N-ethyl adjacent to an activating group) is 1. The molecule has 0 spiro atoms. The summed E-state index contributed by atoms with van der Waals surface area (Å²) in [6, 6.07) is 1.60. The van der Waals surface area contributed by atoms with Crippen LogP contribution in [0.3, 0.4) is 0 Å². The average Bonchev–Trinajstić information content (AvgIpc) is 3.73. The van der Waals surface area contributed by atoms with Gasteiger partial charge in [-0.1, -0.05) is 30.9 Å². The van der Waals surface area contributed by atoms with E-state index in [0.717, 1.165) is 11.4 Å². The lowest BCUT2D eigenvalue weighted by Gasteiger charge is -2.44. The Bertz CT molecular complexity index is 1140. The van der Waals surface area contributed by atoms with Crippen molar-refractivity contribution in [2.24, 2.45) is 11.8 Å². The average molecular weight is 534 g/mol. The first-order valence-corrected chi connectivity index (χ1v) is 13.0. The number of ether oxygens (including phenoxy) is 1. The number of nitrogens with one attached hydrogen (secondary N) is 2. The summed E-state index contributed by atoms with van der Waals surface area (Å²) in [5, 5.41) is 15.3. The molecule has 1 saturated carbocycles. The zero-order valence-corrected chi connectivity index (χ0v) is 21.3. The number of aromatic nitrogens is 2. The lowest BCUT2D eigenvalue weighted by Crippen LogP contribution is -2.59. The summed E-state index contributed by atoms with van der Waals surface area (Å²) < 4.78 is 33.3. The number of hydrogen-bond acceptors (Lipinski definition) is 8. The molecule has 6 rings (SSSR count). The van der Waals surface area contributed by atoms with Crippen molar-refractivity contribution in [1.29, 1.82) is 5.26 Å². The number of alkyl halides is 2. The summed E-state index contributed by atoms with van der Waals surface area (Å²) in [6.07, 6.45) is 9.65. The number of nitriles is 1. The maximum Gasteiger partial charge on any atom is 0.283 e. The number of anilines is 2. The van der Waals surface area contributed by atoms with Gasteiger partial charge in [-0.15, -0.1) is 0 Å². The van der Waals surface area contributed by atoms with E-state index in [1.54, 1.807) is 7.05 Å². The van der Waals surface area contributed by atoms with Gasteiger partial charge in [0.1, 0.15) is 11.6 Å². The molecule has 3 atom stereocenters. The molecule has 3 aliphatic heterocycles. The van der Waals surface area contributed by atoms with Crippen molar-refractivity contribution in [3.63, 3.8) is 0 Å². The lowest BCUT2D eigenvalue weighted by molar-refractivity contribution is -0.152. The molecule has 5 aliphatic rings. The smallest absolute Gasteiger partial charge is 0.283 e. The highest BCUT2D eigenvalue weighted by molar-refractivity contribution is 6.32. The van der Waals surface area contributed by atoms with Crippen LogP contribution >= 0.6 is 11.6 Å². The highest BCUT2D eigenvalue weighted by atomic mass is 35.5. The summed E-state index contributed by atoms with van der Waals surface area (Å²) >= 11 is 6.34. The Morgan fingerprint density at radius 1 is 1.32 bits per heavy atom. The molecule has 9 nitrogen and oxygen atoms in total. The topological polar surface area (TPSA) is 106 Å². The van der Waals surface area contributed by atoms with Gasteiger partial charge in [-0.25, -0.2) is 13.8 Å². The van der Waals surface area contributed by atoms with Gasteiger partial charge in [-0.2, -0.15) is 10.2 Å². The van der Waals surface area contributed by atoms with Gasteiger partial charge in [-0.3, -0.25) is 4.79 Å². The number of hydrogen-bond donors (Lipinski definition) is 2. The molecule has 0 aromatic carbocycles. The molecule has 1 aromatic rings. The lowest BCUT2D eigenvalue weighted by atomic mass is 9.80. The summed E-state index contributed by atoms with van der Waals surface area (Å²) in [5.41, 5.74) is 1.53. The summed E-state index contributed by atoms with van der Waals surface area (Å²) in [5.74, 6) is -2.36. The van der Waals surface area contributed by atoms with Crippen molar-refractivity contribution in [2.45, 2.75) is 50.2 Å². The van der Waals surface area contributed by atoms with Gasteiger partial charge < -0.3 is 25.2 Å². The Morgan fingerprint density at radius 3 is 2.78 bits per heavy atom. The van der Waals surface area contributed by atoms with Crippen LogP contribution in [0.4, 0.5) is 20.5 Å². The third-order valence-corrected chi connectivity index (χ3v) is 7.33. The number of amides is 1. The van der Waals surface area contributed by atoms with Crippen LogP contribution in [0.25, 0.3) is 0 Å². The van der Waals surface area contributed by atoms with E-state index in [0.29, 0.717) is 48.6 Å². The van der Waals surface area contributed by atoms with E-state index in [9.17, 15) is 13.6 Å². The highest BCUT2D eigenvalue weighted by Crippen LogP contribution is 2.39. The molecule has 1 amide bonds. The van der Waals surface area contributed by atoms with Crippen LogP contribution < -0.4 is 15.5 Å². The number of allylic oxidation sites excluding steroid dienone is 3. The number of piperidine rings is 1. The van der Waals surface area contributed by atoms with Crippen LogP contribution in [0.1, 0.15) is 32.1 Å². The second-order valence-corrected chi connectivity index (χ2v) is 10.6. The molecule has 4 fully saturated rings. The number of halogens is 3. The van der Waals surface area contributed by atoms with Crippen LogP contribution in [0.15, 0.2) is 29.7 Å². The monoisotopic (exact) mass is 533 g/mol. The Kier molecular flexibility index (Phi) is 7.34. The van der Waals surface area contributed by atoms with E-state index in [1.165, 1.54) is 30.4 Å². The second-order valence-electron chi connectivity index (χ2n) is 10.2. The number of rotatable bonds is 4. The summed E-state index contributed by atoms with van der Waals surface area (Å²) in [6.45, 7) is 0.0835. The molecule has 2 aliphatic carbocycles. The van der Waals surface area contributed by atoms with Crippen LogP contribution in [-0.4, -0.2) is 72.1 Å². The molecule has 12 heteroatoms. The molecule has 0 bridgehead atoms. The fourth-order valence-electron chi connectivity index (χ4n) is 4.86. The predicted octanol–water partition coefficient (Wildman–Crippen LogP) is 3.31. The first-order chi connectivity index (χ1) is 17.8. The van der Waals surface area contributed by atoms with Gasteiger partial charge in [0, 0.05) is 49.8 Å². The van der Waals surface area contributed by atoms with E-state index in [2.05, 4.69) is 26.7 Å². The minimum atomic E-state index is -3.04. The molecule has 0 radical (unpaired) electrons. The Morgan fingerprint density at radius 2 is 2.08 bits per heavy atom. The third kappa shape index (κ3) is 5.71. The van der Waals surface area contributed by atoms with Gasteiger partial charge in [0.25, 0.3) is 11.8 Å². The standard InChI is InChI=1S/C22H24ClF2N7O2.C3H6/c1-31-16-3-2-13(6-14(16)17-18(20(31)33)34-11-22(24,25)10-28-17)29-19-15(23)7-27-21(30-19)32-8-12(9-32)4-5-26;1-2-3-1/h2-3,7,12,14,17-18,28H,4,6,8-11H2,1H3,(H,27,29,30);1-3H2. The number of carbonyl (C=O) groups excluding carboxylic acids is 1. The maximum atomic E-state index is 14.0. The highest BCUT2D eigenvalue weighted by Gasteiger charge is 2.50. The van der Waals surface area contributed by atoms with E-state index >= 15 is 0 Å². The molecule has 4 heterocycles. The SMILES string of the molecule is C1CC1.CN1C(=O)C2OCC(F)(F)CNC2C2CC(Nc3nc(N4CC(CC#N)C4)ncc3Cl)=CC=C21. The van der Waals surface area contributed by atoms with Crippen molar-refractivity contribution in [2.75, 3.05) is 43.5 Å². The summed E-state index contributed by atoms with van der Waals surface area (Å²) in [4.78, 5) is 25.1. The molecule has 3 unspecified atom stereocenters. The zero-order valence-electron chi connectivity index (χ0n) is 20.6. The molecule has 2 N–H and O–H groups in total. The molecule has 1 aromatic heterocycles. The number of nitrogens with zero attached hydrogens (tertiary/aromatic N) is 5. The number of likely N-dealkylation sites (tertiary alicyclic amines) is 1. The fourth-order valence-corrected chi connectivity index (χ4v) is 5.00. The quantitative estimate of drug-likeness (QED) is 0.607. The van der Waals surface area contributed by atoms with Crippen molar-refractivity contribution < 1.29 is 18.3 Å². The third-order valence-electron chi connectivity index (χ3n) is 7.05. The van der Waals surface area contributed by atoms with Crippen LogP contribution in [-0.2, 0) is 9.53 Å². The van der Waals surface area contributed by atoms with Gasteiger partial charge in [0.2, 0.25) is 5.95 Å². The van der Waals surface area contributed by atoms with Gasteiger partial charge in [0.05, 0.1) is 24.9 Å². The Balaban J connectivity index is 0.000000872. The summed E-state index contributed by atoms with van der Waals surface area (Å²) in [7, 11) is 1.64. The zero-order chi connectivity index (χ0) is 26.2. The van der Waals surface area contributed by atoms with E-state index in [1.807, 2.05) is 17.1 Å². The molecule has 37 heavy (non-hydrogen) atoms. The van der Waals surface area contributed by atoms with Gasteiger partial charge in [-0.05, 0) is 18.6 Å². The van der Waals surface area contributed by atoms with Gasteiger partial charge >= 0.3 is 0 Å². The van der Waals surface area contributed by atoms with Crippen molar-refractivity contribution in [1.82, 2.24) is 20.2 Å². The maximum absolute atomic E-state index is 14.0. The minimum absolute atomic E-state index is 0.253.